The molecule has 1 unspecified atom stereocenters. The van der Waals surface area contributed by atoms with Gasteiger partial charge in [0, 0.05) is 26.4 Å². The lowest BCUT2D eigenvalue weighted by Gasteiger charge is -2.18. The molecule has 18 heavy (non-hydrogen) atoms. The highest BCUT2D eigenvalue weighted by Crippen LogP contribution is 2.06. The van der Waals surface area contributed by atoms with Crippen molar-refractivity contribution in [2.45, 2.75) is 25.5 Å². The molecule has 98 valence electrons. The summed E-state index contributed by atoms with van der Waals surface area (Å²) in [6.45, 7) is 3.50. The molecule has 0 bridgehead atoms. The number of rotatable bonds is 4. The van der Waals surface area contributed by atoms with E-state index >= 15 is 0 Å². The van der Waals surface area contributed by atoms with Gasteiger partial charge in [-0.3, -0.25) is 9.78 Å². The molecule has 0 radical (unpaired) electrons. The number of ether oxygens (including phenoxy) is 1. The SMILES string of the molecule is CO[C@H]1CNCC1NC(=O)Cc1ncccc1C. The predicted octanol–water partition coefficient (Wildman–Crippen LogP) is 0.0355. The third-order valence-electron chi connectivity index (χ3n) is 3.25. The number of pyridine rings is 1. The van der Waals surface area contributed by atoms with E-state index in [4.69, 9.17) is 4.74 Å². The lowest BCUT2D eigenvalue weighted by atomic mass is 10.1. The quantitative estimate of drug-likeness (QED) is 0.790. The van der Waals surface area contributed by atoms with Gasteiger partial charge in [0.15, 0.2) is 0 Å². The van der Waals surface area contributed by atoms with E-state index in [9.17, 15) is 4.79 Å². The van der Waals surface area contributed by atoms with Crippen LogP contribution in [0.25, 0.3) is 0 Å². The zero-order chi connectivity index (χ0) is 13.0. The maximum Gasteiger partial charge on any atom is 0.226 e. The number of hydrogen-bond donors (Lipinski definition) is 2. The number of nitrogens with one attached hydrogen (secondary N) is 2. The Morgan fingerprint density at radius 1 is 1.61 bits per heavy atom. The van der Waals surface area contributed by atoms with Crippen LogP contribution in [0.2, 0.25) is 0 Å². The molecule has 1 aliphatic heterocycles. The molecular formula is C13H19N3O2. The van der Waals surface area contributed by atoms with Gasteiger partial charge >= 0.3 is 0 Å². The number of carbonyl (C=O) groups excluding carboxylic acids is 1. The summed E-state index contributed by atoms with van der Waals surface area (Å²) in [6.07, 6.45) is 2.09. The molecule has 5 nitrogen and oxygen atoms in total. The molecule has 1 saturated heterocycles. The summed E-state index contributed by atoms with van der Waals surface area (Å²) in [5.74, 6) is -0.00690. The summed E-state index contributed by atoms with van der Waals surface area (Å²) >= 11 is 0. The van der Waals surface area contributed by atoms with Crippen LogP contribution in [0.15, 0.2) is 18.3 Å². The second kappa shape index (κ2) is 5.93. The number of aromatic nitrogens is 1. The first kappa shape index (κ1) is 13.0. The van der Waals surface area contributed by atoms with E-state index in [-0.39, 0.29) is 18.1 Å². The molecule has 2 atom stereocenters. The molecule has 2 N–H and O–H groups in total. The number of nitrogens with zero attached hydrogens (tertiary/aromatic N) is 1. The van der Waals surface area contributed by atoms with Gasteiger partial charge < -0.3 is 15.4 Å². The first-order valence-electron chi connectivity index (χ1n) is 6.14. The fourth-order valence-electron chi connectivity index (χ4n) is 2.16. The van der Waals surface area contributed by atoms with Gasteiger partial charge in [0.2, 0.25) is 5.91 Å². The third kappa shape index (κ3) is 3.05. The number of hydrogen-bond acceptors (Lipinski definition) is 4. The standard InChI is InChI=1S/C13H19N3O2/c1-9-4-3-5-15-10(9)6-13(17)16-11-7-14-8-12(11)18-2/h3-5,11-12,14H,6-8H2,1-2H3,(H,16,17)/t11?,12-/m0/s1. The monoisotopic (exact) mass is 249 g/mol. The van der Waals surface area contributed by atoms with Gasteiger partial charge in [0.1, 0.15) is 0 Å². The van der Waals surface area contributed by atoms with Gasteiger partial charge in [0.05, 0.1) is 24.3 Å². The van der Waals surface area contributed by atoms with Crippen molar-refractivity contribution in [2.24, 2.45) is 0 Å². The molecule has 0 spiro atoms. The summed E-state index contributed by atoms with van der Waals surface area (Å²) in [5.41, 5.74) is 1.87. The second-order valence-electron chi connectivity index (χ2n) is 4.55. The van der Waals surface area contributed by atoms with E-state index in [0.29, 0.717) is 6.42 Å². The Balaban J connectivity index is 1.91. The molecular weight excluding hydrogens is 230 g/mol. The van der Waals surface area contributed by atoms with Crippen LogP contribution in [0.1, 0.15) is 11.3 Å². The van der Waals surface area contributed by atoms with Crippen LogP contribution >= 0.6 is 0 Å². The zero-order valence-electron chi connectivity index (χ0n) is 10.8. The highest BCUT2D eigenvalue weighted by atomic mass is 16.5. The lowest BCUT2D eigenvalue weighted by Crippen LogP contribution is -2.44. The van der Waals surface area contributed by atoms with Crippen molar-refractivity contribution in [3.05, 3.63) is 29.6 Å². The molecule has 1 aromatic heterocycles. The molecule has 0 aliphatic carbocycles. The topological polar surface area (TPSA) is 63.2 Å². The Hall–Kier alpha value is -1.46. The van der Waals surface area contributed by atoms with Crippen molar-refractivity contribution in [1.29, 1.82) is 0 Å². The largest absolute Gasteiger partial charge is 0.378 e. The smallest absolute Gasteiger partial charge is 0.226 e. The van der Waals surface area contributed by atoms with E-state index in [1.165, 1.54) is 0 Å². The minimum atomic E-state index is -0.00690. The van der Waals surface area contributed by atoms with Crippen LogP contribution in [-0.2, 0) is 16.0 Å². The normalized spacial score (nSPS) is 23.0. The second-order valence-corrected chi connectivity index (χ2v) is 4.55. The van der Waals surface area contributed by atoms with Crippen LogP contribution in [0.3, 0.4) is 0 Å². The molecule has 2 heterocycles. The first-order chi connectivity index (χ1) is 8.70. The maximum absolute atomic E-state index is 11.9. The van der Waals surface area contributed by atoms with Crippen molar-refractivity contribution < 1.29 is 9.53 Å². The van der Waals surface area contributed by atoms with Gasteiger partial charge in [-0.25, -0.2) is 0 Å². The Kier molecular flexibility index (Phi) is 4.28. The van der Waals surface area contributed by atoms with Crippen LogP contribution in [0, 0.1) is 6.92 Å². The molecule has 1 amide bonds. The van der Waals surface area contributed by atoms with Gasteiger partial charge in [-0.1, -0.05) is 6.07 Å². The summed E-state index contributed by atoms with van der Waals surface area (Å²) in [6, 6.07) is 3.88. The van der Waals surface area contributed by atoms with Crippen molar-refractivity contribution in [3.63, 3.8) is 0 Å². The summed E-state index contributed by atoms with van der Waals surface area (Å²) in [7, 11) is 1.67. The van der Waals surface area contributed by atoms with Crippen molar-refractivity contribution in [3.8, 4) is 0 Å². The fourth-order valence-corrected chi connectivity index (χ4v) is 2.16. The minimum absolute atomic E-state index is 0.00690. The van der Waals surface area contributed by atoms with Gasteiger partial charge in [-0.2, -0.15) is 0 Å². The Morgan fingerprint density at radius 3 is 3.17 bits per heavy atom. The van der Waals surface area contributed by atoms with Crippen LogP contribution in [0.5, 0.6) is 0 Å². The van der Waals surface area contributed by atoms with Gasteiger partial charge in [0.25, 0.3) is 0 Å². The van der Waals surface area contributed by atoms with E-state index in [0.717, 1.165) is 24.3 Å². The first-order valence-corrected chi connectivity index (χ1v) is 6.14. The van der Waals surface area contributed by atoms with E-state index < -0.39 is 0 Å². The fraction of sp³-hybridized carbons (Fsp3) is 0.538. The molecule has 5 heteroatoms. The highest BCUT2D eigenvalue weighted by molar-refractivity contribution is 5.78. The van der Waals surface area contributed by atoms with Crippen LogP contribution in [0.4, 0.5) is 0 Å². The Bertz CT molecular complexity index is 422. The number of aryl methyl sites for hydroxylation is 1. The lowest BCUT2D eigenvalue weighted by molar-refractivity contribution is -0.121. The Morgan fingerprint density at radius 2 is 2.44 bits per heavy atom. The van der Waals surface area contributed by atoms with Crippen LogP contribution < -0.4 is 10.6 Å². The van der Waals surface area contributed by atoms with Crippen molar-refractivity contribution in [1.82, 2.24) is 15.6 Å². The summed E-state index contributed by atoms with van der Waals surface area (Å²) < 4.78 is 5.31. The molecule has 1 aliphatic rings. The van der Waals surface area contributed by atoms with Crippen molar-refractivity contribution in [2.75, 3.05) is 20.2 Å². The molecule has 0 aromatic carbocycles. The molecule has 2 rings (SSSR count). The highest BCUT2D eigenvalue weighted by Gasteiger charge is 2.28. The average molecular weight is 249 g/mol. The predicted molar refractivity (Wildman–Crippen MR) is 68.3 cm³/mol. The maximum atomic E-state index is 11.9. The van der Waals surface area contributed by atoms with Gasteiger partial charge in [-0.05, 0) is 18.6 Å². The number of amides is 1. The Labute approximate surface area is 107 Å². The molecule has 1 aromatic rings. The molecule has 0 saturated carbocycles. The molecule has 1 fully saturated rings. The number of methoxy groups -OCH3 is 1. The minimum Gasteiger partial charge on any atom is -0.378 e. The average Bonchev–Trinajstić information content (AvgIpc) is 2.79. The summed E-state index contributed by atoms with van der Waals surface area (Å²) in [5, 5.41) is 6.19. The van der Waals surface area contributed by atoms with Gasteiger partial charge in [-0.15, -0.1) is 0 Å². The van der Waals surface area contributed by atoms with E-state index in [1.807, 2.05) is 19.1 Å². The zero-order valence-corrected chi connectivity index (χ0v) is 10.8. The number of carbonyl (C=O) groups is 1. The van der Waals surface area contributed by atoms with Crippen LogP contribution in [-0.4, -0.2) is 43.2 Å². The summed E-state index contributed by atoms with van der Waals surface area (Å²) in [4.78, 5) is 16.2. The van der Waals surface area contributed by atoms with E-state index in [2.05, 4.69) is 15.6 Å². The van der Waals surface area contributed by atoms with Crippen molar-refractivity contribution >= 4 is 5.91 Å². The van der Waals surface area contributed by atoms with E-state index in [1.54, 1.807) is 13.3 Å². The third-order valence-corrected chi connectivity index (χ3v) is 3.25.